The number of anilines is 1. The number of amides is 2. The number of nitrogens with one attached hydrogen (secondary N) is 2. The highest BCUT2D eigenvalue weighted by Gasteiger charge is 2.47. The second kappa shape index (κ2) is 9.83. The van der Waals surface area contributed by atoms with Crippen LogP contribution < -0.4 is 14.9 Å². The lowest BCUT2D eigenvalue weighted by Gasteiger charge is -2.24. The average Bonchev–Trinajstić information content (AvgIpc) is 3.52. The van der Waals surface area contributed by atoms with E-state index in [0.29, 0.717) is 13.1 Å². The van der Waals surface area contributed by atoms with Gasteiger partial charge in [0.15, 0.2) is 0 Å². The quantitative estimate of drug-likeness (QED) is 0.505. The molecule has 2 N–H and O–H groups in total. The van der Waals surface area contributed by atoms with Crippen molar-refractivity contribution in [2.45, 2.75) is 62.3 Å². The fourth-order valence-electron chi connectivity index (χ4n) is 5.47. The van der Waals surface area contributed by atoms with Crippen LogP contribution in [0.25, 0.3) is 11.3 Å². The molecule has 1 fully saturated rings. The first-order valence-corrected chi connectivity index (χ1v) is 14.1. The molecule has 1 saturated carbocycles. The van der Waals surface area contributed by atoms with Gasteiger partial charge in [-0.2, -0.15) is 0 Å². The number of hydrogen-bond donors (Lipinski definition) is 2. The van der Waals surface area contributed by atoms with Gasteiger partial charge in [-0.1, -0.05) is 38.8 Å². The number of nitrogens with zero attached hydrogens (tertiary/aromatic N) is 4. The summed E-state index contributed by atoms with van der Waals surface area (Å²) in [7, 11) is -2.12. The normalized spacial score (nSPS) is 16.4. The van der Waals surface area contributed by atoms with E-state index in [1.54, 1.807) is 18.5 Å². The summed E-state index contributed by atoms with van der Waals surface area (Å²) in [4.78, 5) is 29.2. The SMILES string of the molecule is CNS(=O)(=O)c1ccc(CNC(=O)N2CC3(CCCC3)c3nc(-c4cncnc4C(C)C)ccc32)cc1. The number of sulfonamides is 1. The van der Waals surface area contributed by atoms with Gasteiger partial charge in [-0.3, -0.25) is 4.90 Å². The monoisotopic (exact) mass is 520 g/mol. The van der Waals surface area contributed by atoms with Gasteiger partial charge in [0, 0.05) is 30.3 Å². The molecule has 9 nitrogen and oxygen atoms in total. The van der Waals surface area contributed by atoms with E-state index in [1.807, 2.05) is 23.2 Å². The summed E-state index contributed by atoms with van der Waals surface area (Å²) >= 11 is 0. The van der Waals surface area contributed by atoms with E-state index in [1.165, 1.54) is 19.2 Å². The topological polar surface area (TPSA) is 117 Å². The van der Waals surface area contributed by atoms with Crippen molar-refractivity contribution < 1.29 is 13.2 Å². The lowest BCUT2D eigenvalue weighted by molar-refractivity contribution is 0.245. The van der Waals surface area contributed by atoms with Crippen LogP contribution in [0.2, 0.25) is 0 Å². The van der Waals surface area contributed by atoms with Gasteiger partial charge >= 0.3 is 6.03 Å². The molecule has 0 unspecified atom stereocenters. The second-order valence-electron chi connectivity index (χ2n) is 10.1. The van der Waals surface area contributed by atoms with Crippen LogP contribution in [0.3, 0.4) is 0 Å². The first-order chi connectivity index (χ1) is 17.7. The van der Waals surface area contributed by atoms with Gasteiger partial charge in [0.05, 0.1) is 27.7 Å². The Bertz CT molecular complexity index is 1420. The highest BCUT2D eigenvalue weighted by molar-refractivity contribution is 7.89. The smallest absolute Gasteiger partial charge is 0.322 e. The van der Waals surface area contributed by atoms with E-state index in [-0.39, 0.29) is 22.3 Å². The van der Waals surface area contributed by atoms with Gasteiger partial charge < -0.3 is 5.32 Å². The van der Waals surface area contributed by atoms with E-state index in [4.69, 9.17) is 4.98 Å². The number of carbonyl (C=O) groups excluding carboxylic acids is 1. The van der Waals surface area contributed by atoms with Crippen molar-refractivity contribution in [3.8, 4) is 11.3 Å². The number of pyridine rings is 1. The highest BCUT2D eigenvalue weighted by atomic mass is 32.2. The molecular weight excluding hydrogens is 488 g/mol. The number of aromatic nitrogens is 3. The predicted octanol–water partition coefficient (Wildman–Crippen LogP) is 4.11. The van der Waals surface area contributed by atoms with Crippen LogP contribution in [-0.2, 0) is 22.0 Å². The van der Waals surface area contributed by atoms with Crippen molar-refractivity contribution in [1.29, 1.82) is 0 Å². The zero-order valence-electron chi connectivity index (χ0n) is 21.4. The molecule has 37 heavy (non-hydrogen) atoms. The van der Waals surface area contributed by atoms with Gasteiger partial charge in [0.2, 0.25) is 10.0 Å². The van der Waals surface area contributed by atoms with E-state index >= 15 is 0 Å². The Morgan fingerprint density at radius 1 is 1.11 bits per heavy atom. The number of benzene rings is 1. The summed E-state index contributed by atoms with van der Waals surface area (Å²) in [5.41, 5.74) is 5.24. The van der Waals surface area contributed by atoms with E-state index in [9.17, 15) is 13.2 Å². The molecule has 0 radical (unpaired) electrons. The van der Waals surface area contributed by atoms with Crippen LogP contribution in [0.4, 0.5) is 10.5 Å². The Hall–Kier alpha value is -3.37. The Morgan fingerprint density at radius 2 is 1.84 bits per heavy atom. The first kappa shape index (κ1) is 25.3. The van der Waals surface area contributed by atoms with Crippen LogP contribution in [0.1, 0.15) is 62.4 Å². The molecule has 0 bridgehead atoms. The van der Waals surface area contributed by atoms with Crippen LogP contribution in [0, 0.1) is 0 Å². The summed E-state index contributed by atoms with van der Waals surface area (Å²) in [6, 6.07) is 10.3. The zero-order chi connectivity index (χ0) is 26.2. The minimum absolute atomic E-state index is 0.139. The van der Waals surface area contributed by atoms with Gasteiger partial charge in [-0.05, 0) is 55.6 Å². The largest absolute Gasteiger partial charge is 0.334 e. The number of hydrogen-bond acceptors (Lipinski definition) is 6. The summed E-state index contributed by atoms with van der Waals surface area (Å²) < 4.78 is 26.2. The lowest BCUT2D eigenvalue weighted by atomic mass is 9.84. The maximum atomic E-state index is 13.4. The molecule has 10 heteroatoms. The third kappa shape index (κ3) is 4.71. The van der Waals surface area contributed by atoms with Gasteiger partial charge in [0.1, 0.15) is 6.33 Å². The Morgan fingerprint density at radius 3 is 2.51 bits per heavy atom. The fourth-order valence-corrected chi connectivity index (χ4v) is 6.20. The van der Waals surface area contributed by atoms with Crippen molar-refractivity contribution >= 4 is 21.7 Å². The molecule has 1 aliphatic carbocycles. The maximum Gasteiger partial charge on any atom is 0.322 e. The molecule has 2 aliphatic rings. The number of carbonyl (C=O) groups is 1. The van der Waals surface area contributed by atoms with E-state index < -0.39 is 10.0 Å². The number of fused-ring (bicyclic) bond motifs is 2. The van der Waals surface area contributed by atoms with Crippen molar-refractivity contribution in [3.63, 3.8) is 0 Å². The minimum Gasteiger partial charge on any atom is -0.334 e. The molecular formula is C27H32N6O3S. The molecule has 3 aromatic rings. The molecule has 5 rings (SSSR count). The molecule has 0 saturated heterocycles. The maximum absolute atomic E-state index is 13.4. The molecule has 1 aromatic carbocycles. The Labute approximate surface area is 217 Å². The minimum atomic E-state index is -3.50. The van der Waals surface area contributed by atoms with Crippen molar-refractivity contribution in [2.75, 3.05) is 18.5 Å². The third-order valence-corrected chi connectivity index (χ3v) is 8.88. The number of rotatable bonds is 6. The molecule has 2 aromatic heterocycles. The lowest BCUT2D eigenvalue weighted by Crippen LogP contribution is -2.41. The zero-order valence-corrected chi connectivity index (χ0v) is 22.2. The average molecular weight is 521 g/mol. The molecule has 1 spiro atoms. The van der Waals surface area contributed by atoms with E-state index in [0.717, 1.165) is 59.6 Å². The fraction of sp³-hybridized carbons (Fsp3) is 0.407. The van der Waals surface area contributed by atoms with Gasteiger partial charge in [-0.15, -0.1) is 0 Å². The third-order valence-electron chi connectivity index (χ3n) is 7.45. The molecule has 1 aliphatic heterocycles. The van der Waals surface area contributed by atoms with Gasteiger partial charge in [-0.25, -0.2) is 32.9 Å². The number of urea groups is 1. The molecule has 194 valence electrons. The van der Waals surface area contributed by atoms with Crippen molar-refractivity contribution in [2.24, 2.45) is 0 Å². The second-order valence-corrected chi connectivity index (χ2v) is 12.0. The standard InChI is InChI=1S/C27H32N6O3S/c1-18(2)24-21(15-29-17-31-24)22-10-11-23-25(32-22)27(12-4-5-13-27)16-33(23)26(34)30-14-19-6-8-20(9-7-19)37(35,36)28-3/h6-11,15,17-18,28H,4-5,12-14,16H2,1-3H3,(H,30,34). The first-order valence-electron chi connectivity index (χ1n) is 12.6. The molecule has 3 heterocycles. The highest BCUT2D eigenvalue weighted by Crippen LogP contribution is 2.50. The molecule has 2 amide bonds. The van der Waals surface area contributed by atoms with Crippen LogP contribution in [0.15, 0.2) is 53.8 Å². The summed E-state index contributed by atoms with van der Waals surface area (Å²) in [5, 5.41) is 3.00. The van der Waals surface area contributed by atoms with Crippen molar-refractivity contribution in [1.82, 2.24) is 25.0 Å². The Kier molecular flexibility index (Phi) is 6.72. The summed E-state index contributed by atoms with van der Waals surface area (Å²) in [6.07, 6.45) is 7.64. The molecule has 0 atom stereocenters. The van der Waals surface area contributed by atoms with E-state index in [2.05, 4.69) is 33.9 Å². The van der Waals surface area contributed by atoms with Crippen molar-refractivity contribution in [3.05, 3.63) is 65.9 Å². The van der Waals surface area contributed by atoms with Gasteiger partial charge in [0.25, 0.3) is 0 Å². The van der Waals surface area contributed by atoms with Crippen LogP contribution in [-0.4, -0.2) is 43.0 Å². The van der Waals surface area contributed by atoms with Crippen LogP contribution in [0.5, 0.6) is 0 Å². The van der Waals surface area contributed by atoms with Crippen LogP contribution >= 0.6 is 0 Å². The Balaban J connectivity index is 1.40. The summed E-state index contributed by atoms with van der Waals surface area (Å²) in [6.45, 7) is 5.11. The predicted molar refractivity (Wildman–Crippen MR) is 142 cm³/mol. The summed E-state index contributed by atoms with van der Waals surface area (Å²) in [5.74, 6) is 0.239.